The predicted octanol–water partition coefficient (Wildman–Crippen LogP) is 2.24. The summed E-state index contributed by atoms with van der Waals surface area (Å²) in [4.78, 5) is 1.87. The van der Waals surface area contributed by atoms with Crippen LogP contribution in [0.1, 0.15) is 18.5 Å². The number of aliphatic hydroxyl groups excluding tert-OH is 1. The van der Waals surface area contributed by atoms with Crippen LogP contribution in [0, 0.1) is 0 Å². The average molecular weight is 249 g/mol. The zero-order chi connectivity index (χ0) is 12.3. The Balaban J connectivity index is 2.20. The second-order valence-electron chi connectivity index (χ2n) is 3.99. The van der Waals surface area contributed by atoms with E-state index in [0.29, 0.717) is 11.8 Å². The fourth-order valence-electron chi connectivity index (χ4n) is 1.75. The van der Waals surface area contributed by atoms with Crippen LogP contribution in [0.15, 0.2) is 42.6 Å². The molecule has 1 aromatic rings. The van der Waals surface area contributed by atoms with Crippen LogP contribution in [0.5, 0.6) is 0 Å². The molecule has 0 bridgehead atoms. The highest BCUT2D eigenvalue weighted by Gasteiger charge is 2.29. The largest absolute Gasteiger partial charge is 0.468 e. The smallest absolute Gasteiger partial charge is 0.264 e. The van der Waals surface area contributed by atoms with Gasteiger partial charge in [0.1, 0.15) is 6.61 Å². The third kappa shape index (κ3) is 2.84. The van der Waals surface area contributed by atoms with Crippen molar-refractivity contribution in [1.82, 2.24) is 4.90 Å². The number of aliphatic hydroxyl groups is 1. The summed E-state index contributed by atoms with van der Waals surface area (Å²) in [6.07, 6.45) is 2.99. The highest BCUT2D eigenvalue weighted by molar-refractivity contribution is 7.80. The minimum absolute atomic E-state index is 0.0960. The molecule has 90 valence electrons. The maximum atomic E-state index is 9.26. The summed E-state index contributed by atoms with van der Waals surface area (Å²) in [5.41, 5.74) is 1.16. The van der Waals surface area contributed by atoms with Crippen LogP contribution in [-0.2, 0) is 4.74 Å². The van der Waals surface area contributed by atoms with Crippen LogP contribution in [0.25, 0.3) is 0 Å². The molecule has 4 heteroatoms. The highest BCUT2D eigenvalue weighted by atomic mass is 32.1. The number of benzene rings is 1. The molecular formula is C13H15NO2S. The van der Waals surface area contributed by atoms with Gasteiger partial charge in [-0.15, -0.1) is 0 Å². The number of nitrogens with zero attached hydrogens (tertiary/aromatic N) is 1. The Hall–Kier alpha value is -1.39. The zero-order valence-corrected chi connectivity index (χ0v) is 10.4. The summed E-state index contributed by atoms with van der Waals surface area (Å²) in [6, 6.07) is 10.2. The Kier molecular flexibility index (Phi) is 3.76. The van der Waals surface area contributed by atoms with E-state index >= 15 is 0 Å². The number of hydrogen-bond acceptors (Lipinski definition) is 3. The van der Waals surface area contributed by atoms with Crippen LogP contribution in [-0.4, -0.2) is 27.9 Å². The molecule has 3 nitrogen and oxygen atoms in total. The van der Waals surface area contributed by atoms with E-state index in [1.807, 2.05) is 35.2 Å². The molecule has 0 saturated carbocycles. The lowest BCUT2D eigenvalue weighted by Gasteiger charge is -2.19. The van der Waals surface area contributed by atoms with Gasteiger partial charge in [-0.25, -0.2) is 0 Å². The minimum atomic E-state index is -0.491. The lowest BCUT2D eigenvalue weighted by Crippen LogP contribution is -2.21. The first-order chi connectivity index (χ1) is 8.18. The third-order valence-electron chi connectivity index (χ3n) is 2.62. The normalized spacial score (nSPS) is 21.9. The van der Waals surface area contributed by atoms with Crippen molar-refractivity contribution >= 4 is 17.4 Å². The summed E-state index contributed by atoms with van der Waals surface area (Å²) in [5, 5.41) is 9.71. The molecule has 1 aromatic carbocycles. The van der Waals surface area contributed by atoms with Gasteiger partial charge in [0.15, 0.2) is 0 Å². The van der Waals surface area contributed by atoms with E-state index in [-0.39, 0.29) is 6.04 Å². The van der Waals surface area contributed by atoms with Crippen molar-refractivity contribution in [1.29, 1.82) is 0 Å². The molecule has 0 radical (unpaired) electrons. The number of rotatable bonds is 3. The van der Waals surface area contributed by atoms with Crippen molar-refractivity contribution < 1.29 is 9.84 Å². The molecule has 1 saturated heterocycles. The van der Waals surface area contributed by atoms with Gasteiger partial charge < -0.3 is 9.84 Å². The van der Waals surface area contributed by atoms with Gasteiger partial charge in [0, 0.05) is 6.20 Å². The van der Waals surface area contributed by atoms with Crippen LogP contribution in [0.2, 0.25) is 0 Å². The number of hydrogen-bond donors (Lipinski definition) is 1. The molecule has 0 spiro atoms. The van der Waals surface area contributed by atoms with E-state index in [1.54, 1.807) is 19.2 Å². The molecule has 2 atom stereocenters. The number of thiocarbonyl (C=S) groups is 1. The van der Waals surface area contributed by atoms with Crippen molar-refractivity contribution in [3.63, 3.8) is 0 Å². The van der Waals surface area contributed by atoms with E-state index in [9.17, 15) is 5.11 Å². The molecular weight excluding hydrogens is 234 g/mol. The van der Waals surface area contributed by atoms with Gasteiger partial charge >= 0.3 is 0 Å². The molecule has 1 heterocycles. The molecule has 0 aliphatic carbocycles. The average Bonchev–Trinajstić information content (AvgIpc) is 2.69. The molecule has 1 aliphatic rings. The maximum Gasteiger partial charge on any atom is 0.264 e. The van der Waals surface area contributed by atoms with Gasteiger partial charge in [-0.05, 0) is 30.8 Å². The second kappa shape index (κ2) is 5.29. The molecule has 0 amide bonds. The molecule has 2 rings (SSSR count). The van der Waals surface area contributed by atoms with E-state index in [2.05, 4.69) is 0 Å². The molecule has 1 unspecified atom stereocenters. The molecule has 0 aromatic heterocycles. The third-order valence-corrected chi connectivity index (χ3v) is 2.95. The van der Waals surface area contributed by atoms with Gasteiger partial charge in [0.05, 0.1) is 12.1 Å². The van der Waals surface area contributed by atoms with Crippen LogP contribution in [0.3, 0.4) is 0 Å². The topological polar surface area (TPSA) is 32.7 Å². The van der Waals surface area contributed by atoms with Crippen LogP contribution in [0.4, 0.5) is 0 Å². The van der Waals surface area contributed by atoms with Crippen molar-refractivity contribution in [2.45, 2.75) is 19.1 Å². The van der Waals surface area contributed by atoms with Gasteiger partial charge in [-0.1, -0.05) is 30.3 Å². The first-order valence-corrected chi connectivity index (χ1v) is 5.95. The van der Waals surface area contributed by atoms with Crippen molar-refractivity contribution in [2.75, 3.05) is 6.61 Å². The van der Waals surface area contributed by atoms with Gasteiger partial charge in [-0.3, -0.25) is 4.90 Å². The SMILES string of the molecule is CC(O)/C=C/N1C(=S)OC[C@H]1c1ccccc1. The van der Waals surface area contributed by atoms with E-state index in [0.717, 1.165) is 5.56 Å². The van der Waals surface area contributed by atoms with Crippen molar-refractivity contribution in [2.24, 2.45) is 0 Å². The summed E-state index contributed by atoms with van der Waals surface area (Å²) >= 11 is 5.14. The first kappa shape index (κ1) is 12.1. The monoisotopic (exact) mass is 249 g/mol. The molecule has 1 aliphatic heterocycles. The summed E-state index contributed by atoms with van der Waals surface area (Å²) in [5.74, 6) is 0. The van der Waals surface area contributed by atoms with Gasteiger partial charge in [0.25, 0.3) is 5.17 Å². The standard InChI is InChI=1S/C13H15NO2S/c1-10(15)7-8-14-12(9-16-13(14)17)11-5-3-2-4-6-11/h2-8,10,12,15H,9H2,1H3/b8-7+/t10?,12-/m0/s1. The van der Waals surface area contributed by atoms with Crippen LogP contribution < -0.4 is 0 Å². The Labute approximate surface area is 106 Å². The van der Waals surface area contributed by atoms with Gasteiger partial charge in [-0.2, -0.15) is 0 Å². The second-order valence-corrected chi connectivity index (χ2v) is 4.34. The predicted molar refractivity (Wildman–Crippen MR) is 70.4 cm³/mol. The van der Waals surface area contributed by atoms with Crippen LogP contribution >= 0.6 is 12.2 Å². The number of ether oxygens (including phenoxy) is 1. The lowest BCUT2D eigenvalue weighted by molar-refractivity contribution is 0.242. The van der Waals surface area contributed by atoms with E-state index in [1.165, 1.54) is 0 Å². The first-order valence-electron chi connectivity index (χ1n) is 5.55. The summed E-state index contributed by atoms with van der Waals surface area (Å²) in [7, 11) is 0. The quantitative estimate of drug-likeness (QED) is 0.833. The summed E-state index contributed by atoms with van der Waals surface area (Å²) in [6.45, 7) is 2.25. The zero-order valence-electron chi connectivity index (χ0n) is 9.61. The Morgan fingerprint density at radius 1 is 1.47 bits per heavy atom. The van der Waals surface area contributed by atoms with E-state index < -0.39 is 6.10 Å². The maximum absolute atomic E-state index is 9.26. The Morgan fingerprint density at radius 2 is 2.18 bits per heavy atom. The molecule has 1 N–H and O–H groups in total. The molecule has 1 fully saturated rings. The highest BCUT2D eigenvalue weighted by Crippen LogP contribution is 2.27. The lowest BCUT2D eigenvalue weighted by atomic mass is 10.1. The fraction of sp³-hybridized carbons (Fsp3) is 0.308. The summed E-state index contributed by atoms with van der Waals surface area (Å²) < 4.78 is 5.39. The Morgan fingerprint density at radius 3 is 2.82 bits per heavy atom. The van der Waals surface area contributed by atoms with Crippen molar-refractivity contribution in [3.8, 4) is 0 Å². The Bertz CT molecular complexity index is 417. The van der Waals surface area contributed by atoms with Crippen molar-refractivity contribution in [3.05, 3.63) is 48.2 Å². The van der Waals surface area contributed by atoms with Gasteiger partial charge in [0.2, 0.25) is 0 Å². The van der Waals surface area contributed by atoms with E-state index in [4.69, 9.17) is 17.0 Å². The minimum Gasteiger partial charge on any atom is -0.468 e. The molecule has 17 heavy (non-hydrogen) atoms. The fourth-order valence-corrected chi connectivity index (χ4v) is 2.00.